The van der Waals surface area contributed by atoms with Gasteiger partial charge in [0.05, 0.1) is 4.90 Å². The number of sulfonamides is 1. The van der Waals surface area contributed by atoms with Crippen LogP contribution >= 0.6 is 0 Å². The number of aromatic hydroxyl groups is 1. The maximum absolute atomic E-state index is 13.5. The van der Waals surface area contributed by atoms with Crippen LogP contribution in [-0.2, 0) is 10.0 Å². The Morgan fingerprint density at radius 2 is 1.89 bits per heavy atom. The molecule has 0 bridgehead atoms. The molecule has 6 nitrogen and oxygen atoms in total. The molecule has 28 heavy (non-hydrogen) atoms. The van der Waals surface area contributed by atoms with Crippen LogP contribution in [0, 0.1) is 0 Å². The van der Waals surface area contributed by atoms with E-state index in [9.17, 15) is 13.5 Å². The summed E-state index contributed by atoms with van der Waals surface area (Å²) in [6.07, 6.45) is 4.48. The summed E-state index contributed by atoms with van der Waals surface area (Å²) in [5.74, 6) is 0.228. The smallest absolute Gasteiger partial charge is 0.243 e. The van der Waals surface area contributed by atoms with E-state index < -0.39 is 10.0 Å². The standard InChI is InChI=1S/C21H23N3O3S/c1-23(16-3-5-18(25)6-4-16)17-13-21(9-10-21)24(14-17)28(26,27)19-7-2-15-8-11-22-20(15)12-19/h2-8,11-12,17,22,25H,9-10,13-14H2,1H3/t17-/m1/s1. The Bertz CT molecular complexity index is 1130. The van der Waals surface area contributed by atoms with E-state index in [0.717, 1.165) is 35.9 Å². The lowest BCUT2D eigenvalue weighted by atomic mass is 10.1. The van der Waals surface area contributed by atoms with Crippen LogP contribution in [0.5, 0.6) is 5.75 Å². The largest absolute Gasteiger partial charge is 0.508 e. The molecule has 1 saturated heterocycles. The predicted molar refractivity (Wildman–Crippen MR) is 109 cm³/mol. The Kier molecular flexibility index (Phi) is 3.76. The van der Waals surface area contributed by atoms with Gasteiger partial charge in [-0.25, -0.2) is 8.42 Å². The van der Waals surface area contributed by atoms with Gasteiger partial charge in [-0.1, -0.05) is 6.07 Å². The van der Waals surface area contributed by atoms with Gasteiger partial charge >= 0.3 is 0 Å². The Balaban J connectivity index is 1.45. The number of aromatic amines is 1. The summed E-state index contributed by atoms with van der Waals surface area (Å²) in [7, 11) is -1.57. The first-order valence-electron chi connectivity index (χ1n) is 9.51. The molecule has 2 fully saturated rings. The molecule has 1 spiro atoms. The van der Waals surface area contributed by atoms with Gasteiger partial charge < -0.3 is 15.0 Å². The SMILES string of the molecule is CN(c1ccc(O)cc1)[C@H]1CN(S(=O)(=O)c2ccc3cc[nH]c3c2)C2(CC2)C1. The normalized spacial score (nSPS) is 21.4. The molecule has 0 amide bonds. The van der Waals surface area contributed by atoms with E-state index in [1.54, 1.807) is 28.6 Å². The summed E-state index contributed by atoms with van der Waals surface area (Å²) >= 11 is 0. The van der Waals surface area contributed by atoms with Gasteiger partial charge in [-0.2, -0.15) is 4.31 Å². The molecule has 1 aliphatic heterocycles. The van der Waals surface area contributed by atoms with E-state index in [1.165, 1.54) is 0 Å². The van der Waals surface area contributed by atoms with Crippen molar-refractivity contribution in [2.24, 2.45) is 0 Å². The topological polar surface area (TPSA) is 76.6 Å². The molecule has 2 aliphatic rings. The van der Waals surface area contributed by atoms with Crippen molar-refractivity contribution in [1.29, 1.82) is 0 Å². The maximum Gasteiger partial charge on any atom is 0.243 e. The van der Waals surface area contributed by atoms with Crippen LogP contribution in [0.4, 0.5) is 5.69 Å². The van der Waals surface area contributed by atoms with E-state index in [2.05, 4.69) is 9.88 Å². The van der Waals surface area contributed by atoms with Crippen molar-refractivity contribution < 1.29 is 13.5 Å². The van der Waals surface area contributed by atoms with Crippen LogP contribution in [0.3, 0.4) is 0 Å². The third-order valence-corrected chi connectivity index (χ3v) is 8.23. The zero-order valence-corrected chi connectivity index (χ0v) is 16.5. The molecule has 2 heterocycles. The number of H-pyrrole nitrogens is 1. The average Bonchev–Trinajstić information content (AvgIpc) is 3.13. The van der Waals surface area contributed by atoms with Crippen LogP contribution in [-0.4, -0.2) is 48.0 Å². The summed E-state index contributed by atoms with van der Waals surface area (Å²) in [4.78, 5) is 5.58. The zero-order chi connectivity index (χ0) is 19.5. The maximum atomic E-state index is 13.5. The first-order valence-corrected chi connectivity index (χ1v) is 10.9. The summed E-state index contributed by atoms with van der Waals surface area (Å²) in [6, 6.07) is 14.4. The second-order valence-corrected chi connectivity index (χ2v) is 9.83. The Morgan fingerprint density at radius 1 is 1.14 bits per heavy atom. The highest BCUT2D eigenvalue weighted by atomic mass is 32.2. The van der Waals surface area contributed by atoms with E-state index >= 15 is 0 Å². The molecule has 1 atom stereocenters. The second-order valence-electron chi connectivity index (χ2n) is 7.97. The number of phenolic OH excluding ortho intramolecular Hbond substituents is 1. The molecule has 5 rings (SSSR count). The minimum absolute atomic E-state index is 0.107. The van der Waals surface area contributed by atoms with E-state index in [0.29, 0.717) is 11.4 Å². The third kappa shape index (κ3) is 2.69. The van der Waals surface area contributed by atoms with Crippen molar-refractivity contribution in [2.75, 3.05) is 18.5 Å². The minimum atomic E-state index is -3.56. The number of anilines is 1. The number of likely N-dealkylation sites (N-methyl/N-ethyl adjacent to an activating group) is 1. The van der Waals surface area contributed by atoms with Crippen LogP contribution in [0.15, 0.2) is 59.6 Å². The van der Waals surface area contributed by atoms with Gasteiger partial charge in [-0.15, -0.1) is 0 Å². The van der Waals surface area contributed by atoms with Crippen LogP contribution < -0.4 is 4.90 Å². The highest BCUT2D eigenvalue weighted by Crippen LogP contribution is 2.53. The number of rotatable bonds is 4. The molecular weight excluding hydrogens is 374 g/mol. The number of benzene rings is 2. The lowest BCUT2D eigenvalue weighted by Crippen LogP contribution is -2.39. The van der Waals surface area contributed by atoms with Crippen molar-refractivity contribution in [1.82, 2.24) is 9.29 Å². The molecule has 146 valence electrons. The van der Waals surface area contributed by atoms with Crippen molar-refractivity contribution in [3.8, 4) is 5.75 Å². The van der Waals surface area contributed by atoms with Crippen molar-refractivity contribution >= 4 is 26.6 Å². The molecule has 2 aromatic carbocycles. The minimum Gasteiger partial charge on any atom is -0.508 e. The number of fused-ring (bicyclic) bond motifs is 1. The molecule has 1 saturated carbocycles. The number of hydrogen-bond acceptors (Lipinski definition) is 4. The molecule has 1 aromatic heterocycles. The van der Waals surface area contributed by atoms with Crippen molar-refractivity contribution in [3.63, 3.8) is 0 Å². The van der Waals surface area contributed by atoms with Crippen molar-refractivity contribution in [2.45, 2.75) is 35.7 Å². The van der Waals surface area contributed by atoms with Gasteiger partial charge in [0.25, 0.3) is 0 Å². The molecule has 3 aromatic rings. The van der Waals surface area contributed by atoms with E-state index in [1.807, 2.05) is 37.5 Å². The van der Waals surface area contributed by atoms with Crippen LogP contribution in [0.1, 0.15) is 19.3 Å². The lowest BCUT2D eigenvalue weighted by molar-refractivity contribution is 0.371. The Labute approximate surface area is 164 Å². The van der Waals surface area contributed by atoms with Crippen molar-refractivity contribution in [3.05, 3.63) is 54.7 Å². The molecule has 2 N–H and O–H groups in total. The fraction of sp³-hybridized carbons (Fsp3) is 0.333. The quantitative estimate of drug-likeness (QED) is 0.708. The van der Waals surface area contributed by atoms with Crippen LogP contribution in [0.25, 0.3) is 10.9 Å². The van der Waals surface area contributed by atoms with Gasteiger partial charge in [0, 0.05) is 42.6 Å². The van der Waals surface area contributed by atoms with Crippen LogP contribution in [0.2, 0.25) is 0 Å². The summed E-state index contributed by atoms with van der Waals surface area (Å²) < 4.78 is 28.7. The number of nitrogens with zero attached hydrogens (tertiary/aromatic N) is 2. The van der Waals surface area contributed by atoms with Gasteiger partial charge in [-0.05, 0) is 67.1 Å². The molecule has 1 aliphatic carbocycles. The summed E-state index contributed by atoms with van der Waals surface area (Å²) in [5.41, 5.74) is 1.56. The predicted octanol–water partition coefficient (Wildman–Crippen LogP) is 3.31. The lowest BCUT2D eigenvalue weighted by Gasteiger charge is -2.27. The van der Waals surface area contributed by atoms with Gasteiger partial charge in [0.1, 0.15) is 5.75 Å². The molecular formula is C21H23N3O3S. The van der Waals surface area contributed by atoms with Gasteiger partial charge in [0.15, 0.2) is 0 Å². The van der Waals surface area contributed by atoms with Gasteiger partial charge in [0.2, 0.25) is 10.0 Å². The first kappa shape index (κ1) is 17.6. The fourth-order valence-electron chi connectivity index (χ4n) is 4.41. The van der Waals surface area contributed by atoms with E-state index in [4.69, 9.17) is 0 Å². The summed E-state index contributed by atoms with van der Waals surface area (Å²) in [6.45, 7) is 0.475. The van der Waals surface area contributed by atoms with Gasteiger partial charge in [-0.3, -0.25) is 0 Å². The monoisotopic (exact) mass is 397 g/mol. The Hall–Kier alpha value is -2.51. The number of phenols is 1. The summed E-state index contributed by atoms with van der Waals surface area (Å²) in [5, 5.41) is 10.5. The third-order valence-electron chi connectivity index (χ3n) is 6.27. The fourth-order valence-corrected chi connectivity index (χ4v) is 6.31. The average molecular weight is 398 g/mol. The molecule has 0 radical (unpaired) electrons. The highest BCUT2D eigenvalue weighted by Gasteiger charge is 2.59. The molecule has 0 unspecified atom stereocenters. The highest BCUT2D eigenvalue weighted by molar-refractivity contribution is 7.89. The first-order chi connectivity index (χ1) is 13.4. The zero-order valence-electron chi connectivity index (χ0n) is 15.7. The number of aromatic nitrogens is 1. The number of hydrogen-bond donors (Lipinski definition) is 2. The molecule has 7 heteroatoms. The second kappa shape index (κ2) is 5.99. The number of nitrogens with one attached hydrogen (secondary N) is 1. The Morgan fingerprint density at radius 3 is 2.61 bits per heavy atom. The van der Waals surface area contributed by atoms with E-state index in [-0.39, 0.29) is 17.3 Å².